The lowest BCUT2D eigenvalue weighted by atomic mass is 9.92. The monoisotopic (exact) mass is 740 g/mol. The van der Waals surface area contributed by atoms with E-state index in [-0.39, 0.29) is 58.5 Å². The number of piperidine rings is 1. The number of ether oxygens (including phenoxy) is 1. The van der Waals surface area contributed by atoms with Crippen LogP contribution in [-0.4, -0.2) is 72.7 Å². The summed E-state index contributed by atoms with van der Waals surface area (Å²) in [4.78, 5) is 7.11. The van der Waals surface area contributed by atoms with E-state index >= 15 is 0 Å². The number of alkyl halides is 3. The second-order valence-electron chi connectivity index (χ2n) is 14.0. The number of halogens is 3. The summed E-state index contributed by atoms with van der Waals surface area (Å²) in [7, 11) is -3.83. The van der Waals surface area contributed by atoms with Gasteiger partial charge in [0.15, 0.2) is 9.84 Å². The zero-order valence-electron chi connectivity index (χ0n) is 29.7. The molecule has 1 aromatic heterocycles. The van der Waals surface area contributed by atoms with E-state index in [2.05, 4.69) is 15.5 Å². The van der Waals surface area contributed by atoms with Crippen molar-refractivity contribution in [3.8, 4) is 17.0 Å². The number of aromatic nitrogens is 1. The molecule has 1 aliphatic carbocycles. The third-order valence-corrected chi connectivity index (χ3v) is 11.8. The Hall–Kier alpha value is -3.59. The van der Waals surface area contributed by atoms with Gasteiger partial charge < -0.3 is 20.3 Å². The van der Waals surface area contributed by atoms with Crippen LogP contribution >= 0.6 is 0 Å². The van der Waals surface area contributed by atoms with E-state index in [0.29, 0.717) is 36.1 Å². The number of hydrogen-bond acceptors (Lipinski definition) is 9. The third kappa shape index (κ3) is 8.30. The van der Waals surface area contributed by atoms with Crippen LogP contribution in [0.2, 0.25) is 0 Å². The van der Waals surface area contributed by atoms with Crippen LogP contribution in [0.5, 0.6) is 5.75 Å². The minimum atomic E-state index is -4.60. The predicted octanol–water partition coefficient (Wildman–Crippen LogP) is 6.32. The molecule has 0 amide bonds. The average Bonchev–Trinajstić information content (AvgIpc) is 3.91. The van der Waals surface area contributed by atoms with Crippen molar-refractivity contribution in [3.05, 3.63) is 89.0 Å². The van der Waals surface area contributed by atoms with Crippen LogP contribution < -0.4 is 15.4 Å². The number of benzene rings is 3. The molecule has 2 heterocycles. The van der Waals surface area contributed by atoms with Gasteiger partial charge in [0.25, 0.3) is 0 Å². The molecule has 2 fully saturated rings. The lowest BCUT2D eigenvalue weighted by molar-refractivity contribution is -0.137. The fourth-order valence-corrected chi connectivity index (χ4v) is 8.18. The number of fused-ring (bicyclic) bond motifs is 1. The Kier molecular flexibility index (Phi) is 11.3. The van der Waals surface area contributed by atoms with Gasteiger partial charge in [-0.15, -0.1) is 0 Å². The molecule has 3 aromatic carbocycles. The molecule has 4 aromatic rings. The fourth-order valence-electron chi connectivity index (χ4n) is 7.15. The normalized spacial score (nSPS) is 17.5. The molecule has 2 aliphatic rings. The average molecular weight is 741 g/mol. The highest BCUT2D eigenvalue weighted by Crippen LogP contribution is 2.48. The molecule has 52 heavy (non-hydrogen) atoms. The molecule has 13 heteroatoms. The first-order chi connectivity index (χ1) is 24.7. The van der Waals surface area contributed by atoms with Gasteiger partial charge in [0.05, 0.1) is 35.2 Å². The molecule has 4 N–H and O–H groups in total. The third-order valence-electron chi connectivity index (χ3n) is 10.0. The standard InChI is InChI=1S/C39H47F3N4O5S/c1-4-52(49,50)34-22-30-32(23-33(34)51-25(2)3)44-36(26-9-8-12-28(21-26)39(40,41)42)31(24-46-18-13-29(14-19-46)43-17-20-47)35(30)37(48)45-38(15-16-38)27-10-6-5-7-11-27/h5-12,21-23,25,29,37,43,45,47-48H,4,13-20,24H2,1-3H3. The zero-order chi connectivity index (χ0) is 37.3. The largest absolute Gasteiger partial charge is 0.490 e. The smallest absolute Gasteiger partial charge is 0.416 e. The number of hydrogen-bond donors (Lipinski definition) is 4. The SMILES string of the molecule is CCS(=O)(=O)c1cc2c(C(O)NC3(c4ccccc4)CC3)c(CN3CCC(NCCO)CC3)c(-c3cccc(C(F)(F)F)c3)nc2cc1OC(C)C. The van der Waals surface area contributed by atoms with Crippen LogP contribution in [0, 0.1) is 0 Å². The summed E-state index contributed by atoms with van der Waals surface area (Å²) in [5.74, 6) is -0.101. The van der Waals surface area contributed by atoms with E-state index in [1.54, 1.807) is 26.8 Å². The van der Waals surface area contributed by atoms with Gasteiger partial charge in [0, 0.05) is 52.8 Å². The number of nitrogens with zero attached hydrogens (tertiary/aromatic N) is 2. The number of pyridine rings is 1. The summed E-state index contributed by atoms with van der Waals surface area (Å²) in [6, 6.07) is 18.0. The first-order valence-electron chi connectivity index (χ1n) is 17.9. The summed E-state index contributed by atoms with van der Waals surface area (Å²) in [5.41, 5.74) is 1.27. The molecule has 1 saturated heterocycles. The van der Waals surface area contributed by atoms with Crippen LogP contribution in [0.25, 0.3) is 22.2 Å². The van der Waals surface area contributed by atoms with E-state index < -0.39 is 33.3 Å². The molecular weight excluding hydrogens is 694 g/mol. The second-order valence-corrected chi connectivity index (χ2v) is 16.3. The summed E-state index contributed by atoms with van der Waals surface area (Å²) in [6.45, 7) is 7.15. The molecule has 9 nitrogen and oxygen atoms in total. The van der Waals surface area contributed by atoms with E-state index in [0.717, 1.165) is 43.4 Å². The van der Waals surface area contributed by atoms with Crippen LogP contribution in [-0.2, 0) is 28.1 Å². The Balaban J connectivity index is 1.59. The Bertz CT molecular complexity index is 1980. The van der Waals surface area contributed by atoms with E-state index in [9.17, 15) is 31.8 Å². The number of aliphatic hydroxyl groups excluding tert-OH is 2. The van der Waals surface area contributed by atoms with Crippen molar-refractivity contribution < 1.29 is 36.5 Å². The molecule has 1 aliphatic heterocycles. The van der Waals surface area contributed by atoms with Crippen molar-refractivity contribution in [1.82, 2.24) is 20.5 Å². The maximum Gasteiger partial charge on any atom is 0.416 e. The summed E-state index contributed by atoms with van der Waals surface area (Å²) in [5, 5.41) is 28.8. The number of nitrogens with one attached hydrogen (secondary N) is 2. The van der Waals surface area contributed by atoms with Gasteiger partial charge in [-0.1, -0.05) is 49.4 Å². The van der Waals surface area contributed by atoms with Crippen molar-refractivity contribution in [2.45, 2.75) is 88.0 Å². The maximum absolute atomic E-state index is 14.1. The minimum absolute atomic E-state index is 0.0295. The summed E-state index contributed by atoms with van der Waals surface area (Å²) in [6.07, 6.45) is -3.26. The topological polar surface area (TPSA) is 124 Å². The van der Waals surface area contributed by atoms with Crippen LogP contribution in [0.1, 0.15) is 74.9 Å². The predicted molar refractivity (Wildman–Crippen MR) is 195 cm³/mol. The highest BCUT2D eigenvalue weighted by Gasteiger charge is 2.46. The highest BCUT2D eigenvalue weighted by atomic mass is 32.2. The summed E-state index contributed by atoms with van der Waals surface area (Å²) >= 11 is 0. The Morgan fingerprint density at radius 3 is 2.37 bits per heavy atom. The van der Waals surface area contributed by atoms with Gasteiger partial charge in [-0.2, -0.15) is 13.2 Å². The van der Waals surface area contributed by atoms with Crippen molar-refractivity contribution >= 4 is 20.7 Å². The number of rotatable bonds is 14. The fraction of sp³-hybridized carbons (Fsp3) is 0.462. The van der Waals surface area contributed by atoms with Crippen LogP contribution in [0.3, 0.4) is 0 Å². The molecule has 0 radical (unpaired) electrons. The molecule has 1 atom stereocenters. The molecule has 0 spiro atoms. The van der Waals surface area contributed by atoms with E-state index in [1.165, 1.54) is 18.2 Å². The van der Waals surface area contributed by atoms with Crippen molar-refractivity contribution in [2.75, 3.05) is 32.0 Å². The molecular formula is C39H47F3N4O5S. The van der Waals surface area contributed by atoms with E-state index in [1.807, 2.05) is 30.3 Å². The van der Waals surface area contributed by atoms with Gasteiger partial charge in [-0.05, 0) is 76.4 Å². The quantitative estimate of drug-likeness (QED) is 0.110. The van der Waals surface area contributed by atoms with Gasteiger partial charge in [-0.25, -0.2) is 13.4 Å². The lowest BCUT2D eigenvalue weighted by Gasteiger charge is -2.34. The van der Waals surface area contributed by atoms with Gasteiger partial charge >= 0.3 is 6.18 Å². The first-order valence-corrected chi connectivity index (χ1v) is 19.6. The van der Waals surface area contributed by atoms with Crippen molar-refractivity contribution in [3.63, 3.8) is 0 Å². The second kappa shape index (κ2) is 15.4. The van der Waals surface area contributed by atoms with E-state index in [4.69, 9.17) is 9.72 Å². The Morgan fingerprint density at radius 2 is 1.75 bits per heavy atom. The first kappa shape index (κ1) is 38.1. The molecule has 0 bridgehead atoms. The van der Waals surface area contributed by atoms with Gasteiger partial charge in [0.2, 0.25) is 0 Å². The summed E-state index contributed by atoms with van der Waals surface area (Å²) < 4.78 is 75.4. The molecule has 1 unspecified atom stereocenters. The van der Waals surface area contributed by atoms with Crippen LogP contribution in [0.15, 0.2) is 71.6 Å². The van der Waals surface area contributed by atoms with Crippen molar-refractivity contribution in [2.24, 2.45) is 0 Å². The maximum atomic E-state index is 14.1. The zero-order valence-corrected chi connectivity index (χ0v) is 30.5. The van der Waals surface area contributed by atoms with Crippen LogP contribution in [0.4, 0.5) is 13.2 Å². The number of aliphatic hydroxyl groups is 2. The van der Waals surface area contributed by atoms with Gasteiger partial charge in [0.1, 0.15) is 16.9 Å². The Morgan fingerprint density at radius 1 is 1.04 bits per heavy atom. The molecule has 1 saturated carbocycles. The number of sulfone groups is 1. The molecule has 280 valence electrons. The Labute approximate surface area is 303 Å². The van der Waals surface area contributed by atoms with Gasteiger partial charge in [-0.3, -0.25) is 10.2 Å². The minimum Gasteiger partial charge on any atom is -0.490 e. The number of likely N-dealkylation sites (tertiary alicyclic amines) is 1. The highest BCUT2D eigenvalue weighted by molar-refractivity contribution is 7.91. The van der Waals surface area contributed by atoms with Crippen molar-refractivity contribution in [1.29, 1.82) is 0 Å². The lowest BCUT2D eigenvalue weighted by Crippen LogP contribution is -2.43. The molecule has 6 rings (SSSR count).